The van der Waals surface area contributed by atoms with Crippen molar-refractivity contribution in [3.63, 3.8) is 0 Å². The minimum atomic E-state index is -0.521. The van der Waals surface area contributed by atoms with Crippen LogP contribution in [0.2, 0.25) is 0 Å². The van der Waals surface area contributed by atoms with E-state index in [1.807, 2.05) is 60.7 Å². The zero-order chi connectivity index (χ0) is 39.2. The zero-order valence-corrected chi connectivity index (χ0v) is 32.2. The van der Waals surface area contributed by atoms with Crippen LogP contribution in [0.5, 0.6) is 0 Å². The number of nitrogens with zero attached hydrogens (tertiary/aromatic N) is 3. The molecule has 1 aromatic heterocycles. The molecule has 0 fully saturated rings. The molecule has 1 aliphatic rings. The quantitative estimate of drug-likeness (QED) is 0.163. The van der Waals surface area contributed by atoms with Crippen molar-refractivity contribution in [2.24, 2.45) is 0 Å². The highest BCUT2D eigenvalue weighted by Crippen LogP contribution is 2.58. The second-order valence-electron chi connectivity index (χ2n) is 15.1. The summed E-state index contributed by atoms with van der Waals surface area (Å²) in [5.74, 6) is 1.93. The lowest BCUT2D eigenvalue weighted by Crippen LogP contribution is -2.28. The van der Waals surface area contributed by atoms with Crippen molar-refractivity contribution >= 4 is 10.8 Å². The maximum Gasteiger partial charge on any atom is 0.164 e. The highest BCUT2D eigenvalue weighted by molar-refractivity contribution is 6.03. The first-order chi connectivity index (χ1) is 29.3. The lowest BCUT2D eigenvalue weighted by atomic mass is 9.67. The summed E-state index contributed by atoms with van der Waals surface area (Å²) in [5.41, 5.74) is 14.6. The first kappa shape index (κ1) is 34.5. The van der Waals surface area contributed by atoms with E-state index in [2.05, 4.69) is 164 Å². The molecule has 0 atom stereocenters. The topological polar surface area (TPSA) is 38.7 Å². The van der Waals surface area contributed by atoms with Crippen LogP contribution in [-0.4, -0.2) is 15.0 Å². The molecule has 1 heterocycles. The third-order valence-electron chi connectivity index (χ3n) is 11.8. The van der Waals surface area contributed by atoms with Crippen molar-refractivity contribution in [1.29, 1.82) is 0 Å². The van der Waals surface area contributed by atoms with Gasteiger partial charge in [-0.15, -0.1) is 0 Å². The van der Waals surface area contributed by atoms with Gasteiger partial charge in [-0.3, -0.25) is 0 Å². The summed E-state index contributed by atoms with van der Waals surface area (Å²) in [5, 5.41) is 2.44. The van der Waals surface area contributed by atoms with E-state index in [1.54, 1.807) is 0 Å². The molecule has 1 aliphatic carbocycles. The van der Waals surface area contributed by atoms with Crippen molar-refractivity contribution < 1.29 is 0 Å². The van der Waals surface area contributed by atoms with Crippen molar-refractivity contribution in [3.8, 4) is 67.5 Å². The Bertz CT molecular complexity index is 3020. The molecule has 0 N–H and O–H groups in total. The maximum absolute atomic E-state index is 5.04. The minimum Gasteiger partial charge on any atom is -0.208 e. The Morgan fingerprint density at radius 3 is 1.34 bits per heavy atom. The maximum atomic E-state index is 5.04. The summed E-state index contributed by atoms with van der Waals surface area (Å²) >= 11 is 0. The molecule has 0 unspecified atom stereocenters. The molecule has 3 heteroatoms. The highest BCUT2D eigenvalue weighted by Gasteiger charge is 2.46. The predicted molar refractivity (Wildman–Crippen MR) is 242 cm³/mol. The number of aromatic nitrogens is 3. The van der Waals surface area contributed by atoms with Gasteiger partial charge in [0.25, 0.3) is 0 Å². The summed E-state index contributed by atoms with van der Waals surface area (Å²) in [6.45, 7) is 0. The monoisotopic (exact) mass is 751 g/mol. The Balaban J connectivity index is 1.15. The van der Waals surface area contributed by atoms with E-state index in [0.717, 1.165) is 22.3 Å². The van der Waals surface area contributed by atoms with Crippen molar-refractivity contribution in [3.05, 3.63) is 247 Å². The molecule has 0 bridgehead atoms. The van der Waals surface area contributed by atoms with Crippen LogP contribution in [0.4, 0.5) is 0 Å². The summed E-state index contributed by atoms with van der Waals surface area (Å²) in [4.78, 5) is 15.0. The molecule has 0 spiro atoms. The first-order valence-corrected chi connectivity index (χ1v) is 20.1. The van der Waals surface area contributed by atoms with Crippen molar-refractivity contribution in [2.45, 2.75) is 5.41 Å². The summed E-state index contributed by atoms with van der Waals surface area (Å²) in [6, 6.07) is 80.3. The smallest absolute Gasteiger partial charge is 0.164 e. The van der Waals surface area contributed by atoms with E-state index < -0.39 is 5.41 Å². The molecule has 276 valence electrons. The molecule has 9 aromatic carbocycles. The molecule has 59 heavy (non-hydrogen) atoms. The molecule has 0 radical (unpaired) electrons. The molecule has 0 amide bonds. The predicted octanol–water partition coefficient (Wildman–Crippen LogP) is 13.7. The highest BCUT2D eigenvalue weighted by atomic mass is 15.0. The minimum absolute atomic E-state index is 0.521. The Morgan fingerprint density at radius 2 is 0.729 bits per heavy atom. The average Bonchev–Trinajstić information content (AvgIpc) is 3.62. The molecule has 11 rings (SSSR count). The SMILES string of the molecule is c1ccc(-c2nc(-c3ccccc3)nc(-c3ccc(-c4cc5c(cc4-c4cccc6ccccc46)-c4ccccc4C5(c4ccccc4)c4ccccc4)cc3)n2)cc1. The number of rotatable bonds is 7. The van der Waals surface area contributed by atoms with Gasteiger partial charge in [-0.05, 0) is 78.5 Å². The van der Waals surface area contributed by atoms with Crippen molar-refractivity contribution in [1.82, 2.24) is 15.0 Å². The number of fused-ring (bicyclic) bond motifs is 4. The zero-order valence-electron chi connectivity index (χ0n) is 32.2. The van der Waals surface area contributed by atoms with Crippen LogP contribution in [-0.2, 0) is 5.41 Å². The molecular weight excluding hydrogens is 715 g/mol. The van der Waals surface area contributed by atoms with Gasteiger partial charge in [0, 0.05) is 16.7 Å². The third kappa shape index (κ3) is 5.78. The van der Waals surface area contributed by atoms with Gasteiger partial charge >= 0.3 is 0 Å². The molecule has 0 saturated carbocycles. The largest absolute Gasteiger partial charge is 0.208 e. The van der Waals surface area contributed by atoms with Gasteiger partial charge in [-0.2, -0.15) is 0 Å². The molecule has 0 aliphatic heterocycles. The normalized spacial score (nSPS) is 12.5. The Kier molecular flexibility index (Phi) is 8.37. The summed E-state index contributed by atoms with van der Waals surface area (Å²) < 4.78 is 0. The Hall–Kier alpha value is -7.75. The van der Waals surface area contributed by atoms with E-state index in [4.69, 9.17) is 15.0 Å². The number of hydrogen-bond donors (Lipinski definition) is 0. The van der Waals surface area contributed by atoms with Crippen LogP contribution in [0.25, 0.3) is 78.3 Å². The summed E-state index contributed by atoms with van der Waals surface area (Å²) in [7, 11) is 0. The summed E-state index contributed by atoms with van der Waals surface area (Å²) in [6.07, 6.45) is 0. The van der Waals surface area contributed by atoms with E-state index in [9.17, 15) is 0 Å². The van der Waals surface area contributed by atoms with E-state index >= 15 is 0 Å². The van der Waals surface area contributed by atoms with Crippen molar-refractivity contribution in [2.75, 3.05) is 0 Å². The van der Waals surface area contributed by atoms with Crippen LogP contribution < -0.4 is 0 Å². The van der Waals surface area contributed by atoms with Gasteiger partial charge in [0.05, 0.1) is 5.41 Å². The van der Waals surface area contributed by atoms with Crippen LogP contribution in [0.3, 0.4) is 0 Å². The lowest BCUT2D eigenvalue weighted by molar-refractivity contribution is 0.769. The molecule has 0 saturated heterocycles. The molecule has 10 aromatic rings. The molecular formula is C56H37N3. The van der Waals surface area contributed by atoms with Gasteiger partial charge in [0.2, 0.25) is 0 Å². The van der Waals surface area contributed by atoms with Crippen LogP contribution in [0, 0.1) is 0 Å². The van der Waals surface area contributed by atoms with Crippen LogP contribution >= 0.6 is 0 Å². The number of hydrogen-bond acceptors (Lipinski definition) is 3. The lowest BCUT2D eigenvalue weighted by Gasteiger charge is -2.34. The Labute approximate surface area is 344 Å². The Morgan fingerprint density at radius 1 is 0.271 bits per heavy atom. The fourth-order valence-electron chi connectivity index (χ4n) is 9.15. The second kappa shape index (κ2) is 14.3. The van der Waals surface area contributed by atoms with E-state index in [1.165, 1.54) is 60.8 Å². The fourth-order valence-corrected chi connectivity index (χ4v) is 9.15. The van der Waals surface area contributed by atoms with Gasteiger partial charge in [-0.25, -0.2) is 15.0 Å². The standard InChI is InChI=1S/C56H37N3/c1-5-19-40(20-6-1)53-57-54(41-21-7-2-8-22-41)59-55(58-53)42-34-32-39(33-35-42)48-37-52-50(36-49(48)46-30-17-23-38-18-13-14-28-45(38)46)47-29-15-16-31-51(47)56(52,43-24-9-3-10-25-43)44-26-11-4-12-27-44/h1-37H. The van der Waals surface area contributed by atoms with E-state index in [0.29, 0.717) is 17.5 Å². The van der Waals surface area contributed by atoms with Crippen LogP contribution in [0.1, 0.15) is 22.3 Å². The first-order valence-electron chi connectivity index (χ1n) is 20.1. The second-order valence-corrected chi connectivity index (χ2v) is 15.1. The number of benzene rings is 9. The third-order valence-corrected chi connectivity index (χ3v) is 11.8. The van der Waals surface area contributed by atoms with Gasteiger partial charge < -0.3 is 0 Å². The van der Waals surface area contributed by atoms with E-state index in [-0.39, 0.29) is 0 Å². The van der Waals surface area contributed by atoms with Crippen LogP contribution in [0.15, 0.2) is 224 Å². The van der Waals surface area contributed by atoms with Gasteiger partial charge in [0.1, 0.15) is 0 Å². The average molecular weight is 752 g/mol. The fraction of sp³-hybridized carbons (Fsp3) is 0.0179. The molecule has 3 nitrogen and oxygen atoms in total. The van der Waals surface area contributed by atoms with Gasteiger partial charge in [-0.1, -0.05) is 212 Å². The van der Waals surface area contributed by atoms with Gasteiger partial charge in [0.15, 0.2) is 17.5 Å².